The number of amides is 2. The molecule has 2 fully saturated rings. The molecule has 38 heavy (non-hydrogen) atoms. The molecule has 2 aliphatic heterocycles. The highest BCUT2D eigenvalue weighted by Gasteiger charge is 2.43. The topological polar surface area (TPSA) is 122 Å². The Labute approximate surface area is 230 Å². The maximum Gasteiger partial charge on any atom is 0.308 e. The summed E-state index contributed by atoms with van der Waals surface area (Å²) in [6, 6.07) is 10.5. The lowest BCUT2D eigenvalue weighted by Gasteiger charge is -2.34. The normalized spacial score (nSPS) is 19.0. The number of esters is 1. The summed E-state index contributed by atoms with van der Waals surface area (Å²) in [6.45, 7) is 1.60. The molecule has 2 atom stereocenters. The number of aryl methyl sites for hydroxylation is 1. The molecule has 2 saturated heterocycles. The van der Waals surface area contributed by atoms with Crippen LogP contribution in [-0.4, -0.2) is 86.7 Å². The van der Waals surface area contributed by atoms with Crippen LogP contribution in [0, 0.1) is 0 Å². The van der Waals surface area contributed by atoms with Crippen LogP contribution in [0.15, 0.2) is 42.5 Å². The molecule has 206 valence electrons. The third-order valence-corrected chi connectivity index (χ3v) is 9.07. The molecule has 0 radical (unpaired) electrons. The Bertz CT molecular complexity index is 1230. The van der Waals surface area contributed by atoms with Crippen LogP contribution in [0.1, 0.15) is 23.3 Å². The molecular weight excluding hydrogens is 554 g/mol. The zero-order chi connectivity index (χ0) is 27.1. The van der Waals surface area contributed by atoms with E-state index in [2.05, 4.69) is 4.72 Å². The van der Waals surface area contributed by atoms with Gasteiger partial charge in [-0.05, 0) is 30.5 Å². The van der Waals surface area contributed by atoms with Crippen molar-refractivity contribution < 1.29 is 32.3 Å². The highest BCUT2D eigenvalue weighted by atomic mass is 35.5. The second-order valence-corrected chi connectivity index (χ2v) is 12.7. The SMILES string of the molecule is O=C(C[C@@H](C(=O)N1CCOCC1)N1CC[C@H](NS(=O)(=O)CCc2ccc(Cl)s2)C1=O)OCc1ccccc1. The monoisotopic (exact) mass is 583 g/mol. The number of likely N-dealkylation sites (tertiary alicyclic amines) is 1. The first-order valence-electron chi connectivity index (χ1n) is 12.3. The summed E-state index contributed by atoms with van der Waals surface area (Å²) in [5.41, 5.74) is 0.799. The third kappa shape index (κ3) is 7.76. The molecule has 0 spiro atoms. The van der Waals surface area contributed by atoms with Crippen LogP contribution in [0.5, 0.6) is 0 Å². The van der Waals surface area contributed by atoms with Crippen LogP contribution in [0.4, 0.5) is 0 Å². The van der Waals surface area contributed by atoms with Crippen molar-refractivity contribution in [3.8, 4) is 0 Å². The number of nitrogens with zero attached hydrogens (tertiary/aromatic N) is 2. The van der Waals surface area contributed by atoms with Crippen LogP contribution in [0.2, 0.25) is 4.34 Å². The Balaban J connectivity index is 1.40. The minimum absolute atomic E-state index is 0.0456. The van der Waals surface area contributed by atoms with Gasteiger partial charge in [0.2, 0.25) is 21.8 Å². The number of benzene rings is 1. The molecule has 2 aromatic rings. The largest absolute Gasteiger partial charge is 0.461 e. The van der Waals surface area contributed by atoms with E-state index >= 15 is 0 Å². The van der Waals surface area contributed by atoms with Crippen LogP contribution in [0.3, 0.4) is 0 Å². The van der Waals surface area contributed by atoms with Gasteiger partial charge in [0.05, 0.1) is 29.7 Å². The Morgan fingerprint density at radius 2 is 1.87 bits per heavy atom. The quantitative estimate of drug-likeness (QED) is 0.400. The Hall–Kier alpha value is -2.51. The van der Waals surface area contributed by atoms with Gasteiger partial charge in [0, 0.05) is 24.5 Å². The van der Waals surface area contributed by atoms with Crippen molar-refractivity contribution in [2.75, 3.05) is 38.6 Å². The average molecular weight is 584 g/mol. The van der Waals surface area contributed by atoms with Gasteiger partial charge in [-0.3, -0.25) is 14.4 Å². The Kier molecular flexibility index (Phi) is 9.77. The summed E-state index contributed by atoms with van der Waals surface area (Å²) >= 11 is 7.22. The summed E-state index contributed by atoms with van der Waals surface area (Å²) < 4.78 is 39.1. The number of hydrogen-bond donors (Lipinski definition) is 1. The van der Waals surface area contributed by atoms with E-state index in [1.807, 2.05) is 30.3 Å². The van der Waals surface area contributed by atoms with Gasteiger partial charge in [0.1, 0.15) is 18.7 Å². The maximum atomic E-state index is 13.4. The molecular formula is C25H30ClN3O7S2. The van der Waals surface area contributed by atoms with Crippen LogP contribution in [-0.2, 0) is 46.9 Å². The number of carbonyl (C=O) groups excluding carboxylic acids is 3. The first-order chi connectivity index (χ1) is 18.2. The molecule has 0 bridgehead atoms. The number of sulfonamides is 1. The molecule has 1 aromatic heterocycles. The van der Waals surface area contributed by atoms with E-state index < -0.39 is 34.0 Å². The second kappa shape index (κ2) is 13.0. The van der Waals surface area contributed by atoms with E-state index in [9.17, 15) is 22.8 Å². The molecule has 2 aliphatic rings. The van der Waals surface area contributed by atoms with Gasteiger partial charge in [0.25, 0.3) is 0 Å². The molecule has 2 amide bonds. The first-order valence-corrected chi connectivity index (χ1v) is 15.2. The van der Waals surface area contributed by atoms with Crippen molar-refractivity contribution in [3.05, 3.63) is 57.2 Å². The van der Waals surface area contributed by atoms with Crippen LogP contribution in [0.25, 0.3) is 0 Å². The maximum absolute atomic E-state index is 13.4. The number of hydrogen-bond acceptors (Lipinski definition) is 8. The van der Waals surface area contributed by atoms with E-state index in [4.69, 9.17) is 21.1 Å². The molecule has 4 rings (SSSR count). The van der Waals surface area contributed by atoms with E-state index in [1.165, 1.54) is 16.2 Å². The molecule has 0 aliphatic carbocycles. The number of morpholine rings is 1. The van der Waals surface area contributed by atoms with Crippen LogP contribution >= 0.6 is 22.9 Å². The smallest absolute Gasteiger partial charge is 0.308 e. The molecule has 13 heteroatoms. The second-order valence-electron chi connectivity index (χ2n) is 9.07. The zero-order valence-corrected chi connectivity index (χ0v) is 23.1. The molecule has 10 nitrogen and oxygen atoms in total. The predicted molar refractivity (Wildman–Crippen MR) is 142 cm³/mol. The van der Waals surface area contributed by atoms with Crippen molar-refractivity contribution in [3.63, 3.8) is 0 Å². The van der Waals surface area contributed by atoms with E-state index in [-0.39, 0.29) is 44.1 Å². The van der Waals surface area contributed by atoms with Crippen molar-refractivity contribution in [2.24, 2.45) is 0 Å². The minimum atomic E-state index is -3.78. The summed E-state index contributed by atoms with van der Waals surface area (Å²) in [5, 5.41) is 0. The molecule has 0 saturated carbocycles. The Morgan fingerprint density at radius 3 is 2.55 bits per heavy atom. The van der Waals surface area contributed by atoms with Crippen molar-refractivity contribution in [1.82, 2.24) is 14.5 Å². The van der Waals surface area contributed by atoms with Gasteiger partial charge in [-0.2, -0.15) is 0 Å². The number of carbonyl (C=O) groups is 3. The summed E-state index contributed by atoms with van der Waals surface area (Å²) in [4.78, 5) is 43.1. The number of rotatable bonds is 11. The molecule has 0 unspecified atom stereocenters. The number of ether oxygens (including phenoxy) is 2. The minimum Gasteiger partial charge on any atom is -0.461 e. The highest BCUT2D eigenvalue weighted by molar-refractivity contribution is 7.89. The van der Waals surface area contributed by atoms with Gasteiger partial charge in [0.15, 0.2) is 0 Å². The summed E-state index contributed by atoms with van der Waals surface area (Å²) in [6.07, 6.45) is 0.130. The van der Waals surface area contributed by atoms with Gasteiger partial charge >= 0.3 is 5.97 Å². The van der Waals surface area contributed by atoms with Gasteiger partial charge in [-0.1, -0.05) is 41.9 Å². The first kappa shape index (κ1) is 28.5. The van der Waals surface area contributed by atoms with Crippen molar-refractivity contribution in [2.45, 2.75) is 38.0 Å². The van der Waals surface area contributed by atoms with E-state index in [0.717, 1.165) is 10.4 Å². The molecule has 1 aromatic carbocycles. The van der Waals surface area contributed by atoms with E-state index in [0.29, 0.717) is 30.6 Å². The van der Waals surface area contributed by atoms with Crippen LogP contribution < -0.4 is 4.72 Å². The number of halogens is 1. The van der Waals surface area contributed by atoms with Crippen molar-refractivity contribution in [1.29, 1.82) is 0 Å². The Morgan fingerprint density at radius 1 is 1.13 bits per heavy atom. The molecule has 3 heterocycles. The lowest BCUT2D eigenvalue weighted by molar-refractivity contribution is -0.154. The van der Waals surface area contributed by atoms with Gasteiger partial charge in [-0.25, -0.2) is 13.1 Å². The standard InChI is InChI=1S/C25H30ClN3O7S2/c26-22-7-6-19(37-22)9-15-38(33,34)27-20-8-10-29(24(20)31)21(25(32)28-11-13-35-14-12-28)16-23(30)36-17-18-4-2-1-3-5-18/h1-7,20-21,27H,8-17H2/t20-,21-/m0/s1. The van der Waals surface area contributed by atoms with Crippen molar-refractivity contribution >= 4 is 50.7 Å². The fraction of sp³-hybridized carbons (Fsp3) is 0.480. The van der Waals surface area contributed by atoms with Gasteiger partial charge < -0.3 is 19.3 Å². The summed E-state index contributed by atoms with van der Waals surface area (Å²) in [5.74, 6) is -1.73. The van der Waals surface area contributed by atoms with Gasteiger partial charge in [-0.15, -0.1) is 11.3 Å². The average Bonchev–Trinajstić information content (AvgIpc) is 3.50. The highest BCUT2D eigenvalue weighted by Crippen LogP contribution is 2.23. The number of thiophene rings is 1. The fourth-order valence-electron chi connectivity index (χ4n) is 4.40. The fourth-order valence-corrected chi connectivity index (χ4v) is 6.87. The van der Waals surface area contributed by atoms with E-state index in [1.54, 1.807) is 17.0 Å². The molecule has 1 N–H and O–H groups in total. The zero-order valence-electron chi connectivity index (χ0n) is 20.7. The number of nitrogens with one attached hydrogen (secondary N) is 1. The third-order valence-electron chi connectivity index (χ3n) is 6.39. The lowest BCUT2D eigenvalue weighted by Crippen LogP contribution is -2.54. The predicted octanol–water partition coefficient (Wildman–Crippen LogP) is 1.83. The lowest BCUT2D eigenvalue weighted by atomic mass is 10.1. The summed E-state index contributed by atoms with van der Waals surface area (Å²) in [7, 11) is -3.78.